The number of nitrogens with one attached hydrogen (secondary N) is 2. The molecule has 4 rings (SSSR count). The van der Waals surface area contributed by atoms with Gasteiger partial charge < -0.3 is 14.5 Å². The summed E-state index contributed by atoms with van der Waals surface area (Å²) < 4.78 is 10.6. The molecule has 7 nitrogen and oxygen atoms in total. The van der Waals surface area contributed by atoms with E-state index < -0.39 is 17.1 Å². The number of carbonyl (C=O) groups excluding carboxylic acids is 2. The van der Waals surface area contributed by atoms with Gasteiger partial charge in [0.25, 0.3) is 0 Å². The Morgan fingerprint density at radius 1 is 1.04 bits per heavy atom. The Balaban J connectivity index is 1.90. The highest BCUT2D eigenvalue weighted by Crippen LogP contribution is 2.51. The summed E-state index contributed by atoms with van der Waals surface area (Å²) in [5.41, 5.74) is 0.800. The maximum atomic E-state index is 12.4. The fourth-order valence-corrected chi connectivity index (χ4v) is 5.82. The van der Waals surface area contributed by atoms with Crippen molar-refractivity contribution in [3.8, 4) is 11.5 Å². The van der Waals surface area contributed by atoms with E-state index in [0.29, 0.717) is 16.5 Å². The summed E-state index contributed by atoms with van der Waals surface area (Å²) in [5, 5.41) is 2.51. The van der Waals surface area contributed by atoms with Gasteiger partial charge in [0, 0.05) is 10.8 Å². The second-order valence-corrected chi connectivity index (χ2v) is 7.88. The first kappa shape index (κ1) is 16.2. The van der Waals surface area contributed by atoms with E-state index in [1.54, 1.807) is 19.2 Å². The summed E-state index contributed by atoms with van der Waals surface area (Å²) in [6.07, 6.45) is 0. The molecule has 0 bridgehead atoms. The van der Waals surface area contributed by atoms with Crippen LogP contribution in [0.3, 0.4) is 0 Å². The molecule has 0 spiro atoms. The molecule has 25 heavy (non-hydrogen) atoms. The third-order valence-corrected chi connectivity index (χ3v) is 6.84. The van der Waals surface area contributed by atoms with E-state index in [0.717, 1.165) is 21.8 Å². The maximum Gasteiger partial charge on any atom is 0.305 e. The molecule has 1 fully saturated rings. The molecule has 9 heteroatoms. The number of thioether (sulfide) groups is 1. The Kier molecular flexibility index (Phi) is 3.84. The van der Waals surface area contributed by atoms with Crippen molar-refractivity contribution >= 4 is 34.9 Å². The molecule has 2 aliphatic heterocycles. The number of aromatic amines is 1. The summed E-state index contributed by atoms with van der Waals surface area (Å²) in [5.74, 6) is -0.477. The van der Waals surface area contributed by atoms with Crippen LogP contribution in [0.4, 0.5) is 0 Å². The Labute approximate surface area is 150 Å². The maximum absolute atomic E-state index is 12.4. The smallest absolute Gasteiger partial charge is 0.305 e. The number of thiazole rings is 1. The molecule has 130 valence electrons. The summed E-state index contributed by atoms with van der Waals surface area (Å²) >= 11 is 2.32. The number of aromatic nitrogens is 1. The van der Waals surface area contributed by atoms with Gasteiger partial charge in [-0.2, -0.15) is 0 Å². The predicted molar refractivity (Wildman–Crippen MR) is 92.6 cm³/mol. The molecule has 1 aromatic heterocycles. The topological polar surface area (TPSA) is 97.5 Å². The van der Waals surface area contributed by atoms with Gasteiger partial charge in [0.2, 0.25) is 11.8 Å². The number of H-pyrrole nitrogens is 1. The van der Waals surface area contributed by atoms with Crippen LogP contribution in [0.2, 0.25) is 0 Å². The minimum Gasteiger partial charge on any atom is -0.493 e. The Morgan fingerprint density at radius 2 is 1.80 bits per heavy atom. The van der Waals surface area contributed by atoms with Gasteiger partial charge in [-0.3, -0.25) is 19.7 Å². The number of methoxy groups -OCH3 is 2. The van der Waals surface area contributed by atoms with Gasteiger partial charge >= 0.3 is 4.87 Å². The first-order chi connectivity index (χ1) is 12.0. The highest BCUT2D eigenvalue weighted by molar-refractivity contribution is 8.00. The van der Waals surface area contributed by atoms with Crippen molar-refractivity contribution in [2.45, 2.75) is 16.2 Å². The van der Waals surface area contributed by atoms with Crippen molar-refractivity contribution < 1.29 is 19.1 Å². The molecule has 0 unspecified atom stereocenters. The Bertz CT molecular complexity index is 935. The molecule has 2 aromatic rings. The van der Waals surface area contributed by atoms with Gasteiger partial charge in [-0.05, 0) is 17.7 Å². The Hall–Kier alpha value is -2.26. The summed E-state index contributed by atoms with van der Waals surface area (Å²) in [4.78, 5) is 39.8. The number of imide groups is 1. The first-order valence-electron chi connectivity index (χ1n) is 7.49. The number of hydrogen-bond acceptors (Lipinski definition) is 7. The lowest BCUT2D eigenvalue weighted by molar-refractivity contribution is -0.125. The van der Waals surface area contributed by atoms with E-state index in [4.69, 9.17) is 9.47 Å². The van der Waals surface area contributed by atoms with E-state index >= 15 is 0 Å². The van der Waals surface area contributed by atoms with Crippen molar-refractivity contribution in [1.29, 1.82) is 0 Å². The van der Waals surface area contributed by atoms with Gasteiger partial charge in [-0.1, -0.05) is 29.2 Å². The Morgan fingerprint density at radius 3 is 2.52 bits per heavy atom. The number of amides is 2. The second-order valence-electron chi connectivity index (χ2n) is 5.72. The zero-order valence-electron chi connectivity index (χ0n) is 13.3. The molecule has 0 radical (unpaired) electrons. The van der Waals surface area contributed by atoms with E-state index in [2.05, 4.69) is 10.3 Å². The lowest BCUT2D eigenvalue weighted by Crippen LogP contribution is -2.31. The van der Waals surface area contributed by atoms with E-state index in [-0.39, 0.29) is 16.7 Å². The van der Waals surface area contributed by atoms with Crippen molar-refractivity contribution in [3.63, 3.8) is 0 Å². The molecular weight excluding hydrogens is 364 g/mol. The third-order valence-electron chi connectivity index (χ3n) is 4.43. The van der Waals surface area contributed by atoms with Gasteiger partial charge in [0.1, 0.15) is 5.25 Å². The molecule has 2 N–H and O–H groups in total. The molecule has 1 saturated heterocycles. The quantitative estimate of drug-likeness (QED) is 0.782. The fourth-order valence-electron chi connectivity index (χ4n) is 3.34. The van der Waals surface area contributed by atoms with Crippen molar-refractivity contribution in [2.24, 2.45) is 5.92 Å². The number of carbonyl (C=O) groups is 2. The van der Waals surface area contributed by atoms with Crippen molar-refractivity contribution in [1.82, 2.24) is 10.3 Å². The molecule has 0 aliphatic carbocycles. The standard InChI is InChI=1S/C16H14N2O5S2/c1-22-7-4-3-6(5-8(7)23-2)9-10-11(14(20)17-13(10)19)24-15-12(9)25-16(21)18-15/h3-5,9-11H,1-2H3,(H,18,21)(H,17,19,20)/t9-,10-,11+/m1/s1. The summed E-state index contributed by atoms with van der Waals surface area (Å²) in [6.45, 7) is 0. The zero-order valence-corrected chi connectivity index (χ0v) is 15.0. The van der Waals surface area contributed by atoms with Gasteiger partial charge in [-0.15, -0.1) is 0 Å². The predicted octanol–water partition coefficient (Wildman–Crippen LogP) is 1.33. The summed E-state index contributed by atoms with van der Waals surface area (Å²) in [6, 6.07) is 5.39. The lowest BCUT2D eigenvalue weighted by Gasteiger charge is -2.30. The molecule has 1 aromatic carbocycles. The van der Waals surface area contributed by atoms with Gasteiger partial charge in [0.05, 0.1) is 25.2 Å². The molecule has 0 saturated carbocycles. The van der Waals surface area contributed by atoms with Crippen LogP contribution in [-0.2, 0) is 9.59 Å². The number of benzene rings is 1. The first-order valence-corrected chi connectivity index (χ1v) is 9.19. The van der Waals surface area contributed by atoms with Crippen LogP contribution in [0.15, 0.2) is 28.0 Å². The second kappa shape index (κ2) is 5.92. The van der Waals surface area contributed by atoms with Crippen molar-refractivity contribution in [2.75, 3.05) is 14.2 Å². The monoisotopic (exact) mass is 378 g/mol. The molecule has 3 atom stereocenters. The van der Waals surface area contributed by atoms with E-state index in [1.807, 2.05) is 6.07 Å². The zero-order chi connectivity index (χ0) is 17.7. The normalized spacial score (nSPS) is 24.5. The lowest BCUT2D eigenvalue weighted by atomic mass is 9.83. The number of rotatable bonds is 3. The van der Waals surface area contributed by atoms with Crippen LogP contribution >= 0.6 is 23.1 Å². The van der Waals surface area contributed by atoms with Crippen molar-refractivity contribution in [3.05, 3.63) is 38.3 Å². The van der Waals surface area contributed by atoms with Crippen LogP contribution in [0.25, 0.3) is 0 Å². The highest BCUT2D eigenvalue weighted by Gasteiger charge is 2.52. The van der Waals surface area contributed by atoms with Crippen LogP contribution < -0.4 is 19.7 Å². The minimum atomic E-state index is -0.561. The largest absolute Gasteiger partial charge is 0.493 e. The molecule has 2 amide bonds. The number of ether oxygens (including phenoxy) is 2. The minimum absolute atomic E-state index is 0.198. The van der Waals surface area contributed by atoms with Gasteiger partial charge in [-0.25, -0.2) is 0 Å². The third kappa shape index (κ3) is 2.46. The molecular formula is C16H14N2O5S2. The van der Waals surface area contributed by atoms with E-state index in [9.17, 15) is 14.4 Å². The number of hydrogen-bond donors (Lipinski definition) is 2. The highest BCUT2D eigenvalue weighted by atomic mass is 32.2. The van der Waals surface area contributed by atoms with E-state index in [1.165, 1.54) is 18.9 Å². The van der Waals surface area contributed by atoms with Gasteiger partial charge in [0.15, 0.2) is 11.5 Å². The van der Waals surface area contributed by atoms with Crippen LogP contribution in [0.1, 0.15) is 16.4 Å². The molecule has 2 aliphatic rings. The van der Waals surface area contributed by atoms with Crippen LogP contribution in [0, 0.1) is 5.92 Å². The molecule has 3 heterocycles. The fraction of sp³-hybridized carbons (Fsp3) is 0.312. The van der Waals surface area contributed by atoms with Crippen LogP contribution in [-0.4, -0.2) is 36.3 Å². The van der Waals surface area contributed by atoms with Crippen LogP contribution in [0.5, 0.6) is 11.5 Å². The number of fused-ring (bicyclic) bond motifs is 2. The SMILES string of the molecule is COc1ccc([C@H]2c3sc(=O)[nH]c3S[C@@H]3C(=O)NC(=O)[C@H]23)cc1OC. The average molecular weight is 378 g/mol. The average Bonchev–Trinajstić information content (AvgIpc) is 3.11. The summed E-state index contributed by atoms with van der Waals surface area (Å²) in [7, 11) is 3.08.